The molecule has 8 heteroatoms. The molecule has 0 amide bonds. The van der Waals surface area contributed by atoms with Gasteiger partial charge in [0.1, 0.15) is 11.3 Å². The van der Waals surface area contributed by atoms with E-state index in [1.54, 1.807) is 38.4 Å². The third-order valence-corrected chi connectivity index (χ3v) is 3.52. The smallest absolute Gasteiger partial charge is 0.332 e. The van der Waals surface area contributed by atoms with Crippen LogP contribution in [0.3, 0.4) is 0 Å². The SMILES string of the molecule is COc1ccc(N=Cc2nc3c([nH]2)c(=O)n(C)c(=O)n3C)cc1. The van der Waals surface area contributed by atoms with Gasteiger partial charge in [0.2, 0.25) is 0 Å². The van der Waals surface area contributed by atoms with E-state index in [0.717, 1.165) is 10.3 Å². The normalized spacial score (nSPS) is 11.4. The molecule has 2 aromatic heterocycles. The van der Waals surface area contributed by atoms with Crippen LogP contribution in [0.15, 0.2) is 38.8 Å². The number of hydrogen-bond donors (Lipinski definition) is 1. The van der Waals surface area contributed by atoms with Crippen LogP contribution >= 0.6 is 0 Å². The van der Waals surface area contributed by atoms with Crippen LogP contribution in [0.2, 0.25) is 0 Å². The van der Waals surface area contributed by atoms with Crippen LogP contribution in [0.4, 0.5) is 5.69 Å². The van der Waals surface area contributed by atoms with E-state index < -0.39 is 11.2 Å². The number of nitrogens with one attached hydrogen (secondary N) is 1. The Morgan fingerprint density at radius 1 is 1.17 bits per heavy atom. The van der Waals surface area contributed by atoms with Gasteiger partial charge in [-0.1, -0.05) is 0 Å². The van der Waals surface area contributed by atoms with E-state index >= 15 is 0 Å². The summed E-state index contributed by atoms with van der Waals surface area (Å²) in [6.07, 6.45) is 1.51. The molecule has 0 fully saturated rings. The average Bonchev–Trinajstić information content (AvgIpc) is 3.01. The second-order valence-electron chi connectivity index (χ2n) is 4.98. The fourth-order valence-electron chi connectivity index (χ4n) is 2.21. The number of ether oxygens (including phenoxy) is 1. The standard InChI is InChI=1S/C15H15N5O3/c1-19-13-12(14(21)20(2)15(19)22)17-11(18-13)8-16-9-4-6-10(23-3)7-5-9/h4-8H,1-3H3,(H,17,18). The van der Waals surface area contributed by atoms with E-state index in [1.807, 2.05) is 0 Å². The molecule has 0 saturated heterocycles. The molecule has 0 unspecified atom stereocenters. The number of nitrogens with zero attached hydrogens (tertiary/aromatic N) is 4. The summed E-state index contributed by atoms with van der Waals surface area (Å²) in [5, 5.41) is 0. The van der Waals surface area contributed by atoms with Crippen molar-refractivity contribution in [1.29, 1.82) is 0 Å². The quantitative estimate of drug-likeness (QED) is 0.721. The molecule has 0 spiro atoms. The van der Waals surface area contributed by atoms with Gasteiger partial charge in [-0.05, 0) is 24.3 Å². The van der Waals surface area contributed by atoms with Crippen molar-refractivity contribution in [3.8, 4) is 5.75 Å². The Morgan fingerprint density at radius 3 is 2.52 bits per heavy atom. The largest absolute Gasteiger partial charge is 0.497 e. The van der Waals surface area contributed by atoms with Gasteiger partial charge < -0.3 is 9.72 Å². The van der Waals surface area contributed by atoms with Crippen LogP contribution in [0.25, 0.3) is 11.2 Å². The second-order valence-corrected chi connectivity index (χ2v) is 4.98. The minimum absolute atomic E-state index is 0.269. The first-order valence-electron chi connectivity index (χ1n) is 6.85. The molecule has 0 atom stereocenters. The first-order valence-corrected chi connectivity index (χ1v) is 6.85. The summed E-state index contributed by atoms with van der Waals surface area (Å²) in [7, 11) is 4.59. The van der Waals surface area contributed by atoms with Crippen molar-refractivity contribution in [3.05, 3.63) is 50.9 Å². The number of methoxy groups -OCH3 is 1. The van der Waals surface area contributed by atoms with E-state index in [9.17, 15) is 9.59 Å². The third-order valence-electron chi connectivity index (χ3n) is 3.52. The Labute approximate surface area is 130 Å². The zero-order valence-electron chi connectivity index (χ0n) is 12.9. The van der Waals surface area contributed by atoms with Crippen molar-refractivity contribution < 1.29 is 4.74 Å². The summed E-state index contributed by atoms with van der Waals surface area (Å²) in [5.41, 5.74) is 0.445. The Hall–Kier alpha value is -3.16. The number of aromatic amines is 1. The Bertz CT molecular complexity index is 1010. The molecule has 3 aromatic rings. The maximum atomic E-state index is 12.1. The van der Waals surface area contributed by atoms with Crippen molar-refractivity contribution in [2.24, 2.45) is 19.1 Å². The van der Waals surface area contributed by atoms with Gasteiger partial charge in [-0.25, -0.2) is 9.78 Å². The highest BCUT2D eigenvalue weighted by Gasteiger charge is 2.12. The predicted octanol–water partition coefficient (Wildman–Crippen LogP) is 0.719. The summed E-state index contributed by atoms with van der Waals surface area (Å²) in [4.78, 5) is 35.4. The first kappa shape index (κ1) is 14.8. The molecule has 0 aliphatic rings. The molecule has 0 saturated carbocycles. The van der Waals surface area contributed by atoms with Gasteiger partial charge in [-0.2, -0.15) is 0 Å². The maximum Gasteiger partial charge on any atom is 0.332 e. The number of H-pyrrole nitrogens is 1. The van der Waals surface area contributed by atoms with Gasteiger partial charge in [-0.3, -0.25) is 18.9 Å². The zero-order chi connectivity index (χ0) is 16.6. The molecule has 0 aliphatic heterocycles. The summed E-state index contributed by atoms with van der Waals surface area (Å²) in [6, 6.07) is 7.19. The first-order chi connectivity index (χ1) is 11.0. The van der Waals surface area contributed by atoms with Gasteiger partial charge in [0.15, 0.2) is 11.5 Å². The monoisotopic (exact) mass is 313 g/mol. The summed E-state index contributed by atoms with van der Waals surface area (Å²) < 4.78 is 7.43. The molecule has 1 N–H and O–H groups in total. The minimum Gasteiger partial charge on any atom is -0.497 e. The van der Waals surface area contributed by atoms with Crippen molar-refractivity contribution >= 4 is 23.1 Å². The van der Waals surface area contributed by atoms with Crippen LogP contribution < -0.4 is 16.0 Å². The number of aryl methyl sites for hydroxylation is 1. The molecule has 0 bridgehead atoms. The summed E-state index contributed by atoms with van der Waals surface area (Å²) in [6.45, 7) is 0. The highest BCUT2D eigenvalue weighted by molar-refractivity contribution is 5.83. The van der Waals surface area contributed by atoms with Crippen LogP contribution in [0, 0.1) is 0 Å². The molecule has 118 valence electrons. The van der Waals surface area contributed by atoms with E-state index in [2.05, 4.69) is 15.0 Å². The van der Waals surface area contributed by atoms with Crippen molar-refractivity contribution in [1.82, 2.24) is 19.1 Å². The molecule has 3 rings (SSSR count). The molecule has 2 heterocycles. The molecule has 0 aliphatic carbocycles. The topological polar surface area (TPSA) is 94.3 Å². The zero-order valence-corrected chi connectivity index (χ0v) is 12.9. The number of fused-ring (bicyclic) bond motifs is 1. The lowest BCUT2D eigenvalue weighted by molar-refractivity contribution is 0.415. The Kier molecular flexibility index (Phi) is 3.57. The van der Waals surface area contributed by atoms with Crippen LogP contribution in [0.5, 0.6) is 5.75 Å². The predicted molar refractivity (Wildman–Crippen MR) is 86.8 cm³/mol. The van der Waals surface area contributed by atoms with E-state index in [4.69, 9.17) is 4.74 Å². The van der Waals surface area contributed by atoms with Crippen LogP contribution in [0.1, 0.15) is 5.82 Å². The minimum atomic E-state index is -0.423. The summed E-state index contributed by atoms with van der Waals surface area (Å²) >= 11 is 0. The van der Waals surface area contributed by atoms with Crippen molar-refractivity contribution in [2.75, 3.05) is 7.11 Å². The Morgan fingerprint density at radius 2 is 1.87 bits per heavy atom. The second kappa shape index (κ2) is 5.56. The molecule has 1 aromatic carbocycles. The third kappa shape index (κ3) is 2.54. The molecule has 0 radical (unpaired) electrons. The van der Waals surface area contributed by atoms with E-state index in [1.165, 1.54) is 17.8 Å². The Balaban J connectivity index is 2.02. The van der Waals surface area contributed by atoms with Gasteiger partial charge in [0.25, 0.3) is 5.56 Å². The number of rotatable bonds is 3. The van der Waals surface area contributed by atoms with Crippen molar-refractivity contribution in [2.45, 2.75) is 0 Å². The maximum absolute atomic E-state index is 12.1. The molecular weight excluding hydrogens is 298 g/mol. The van der Waals surface area contributed by atoms with Crippen LogP contribution in [-0.4, -0.2) is 32.4 Å². The van der Waals surface area contributed by atoms with Crippen LogP contribution in [-0.2, 0) is 14.1 Å². The molecule has 8 nitrogen and oxygen atoms in total. The number of benzene rings is 1. The molecule has 23 heavy (non-hydrogen) atoms. The van der Waals surface area contributed by atoms with Gasteiger partial charge in [-0.15, -0.1) is 0 Å². The summed E-state index contributed by atoms with van der Waals surface area (Å²) in [5.74, 6) is 1.14. The lowest BCUT2D eigenvalue weighted by atomic mass is 10.3. The van der Waals surface area contributed by atoms with Gasteiger partial charge >= 0.3 is 5.69 Å². The highest BCUT2D eigenvalue weighted by Crippen LogP contribution is 2.17. The van der Waals surface area contributed by atoms with E-state index in [0.29, 0.717) is 17.2 Å². The number of aromatic nitrogens is 4. The fourth-order valence-corrected chi connectivity index (χ4v) is 2.21. The lowest BCUT2D eigenvalue weighted by Crippen LogP contribution is -2.36. The molecular formula is C15H15N5O3. The number of aliphatic imine (C=N–C) groups is 1. The number of imidazole rings is 1. The van der Waals surface area contributed by atoms with E-state index in [-0.39, 0.29) is 5.52 Å². The number of hydrogen-bond acceptors (Lipinski definition) is 5. The lowest BCUT2D eigenvalue weighted by Gasteiger charge is -2.00. The average molecular weight is 313 g/mol. The van der Waals surface area contributed by atoms with Gasteiger partial charge in [0.05, 0.1) is 19.0 Å². The van der Waals surface area contributed by atoms with Gasteiger partial charge in [0, 0.05) is 14.1 Å². The van der Waals surface area contributed by atoms with Crippen molar-refractivity contribution in [3.63, 3.8) is 0 Å². The fraction of sp³-hybridized carbons (Fsp3) is 0.200. The highest BCUT2D eigenvalue weighted by atomic mass is 16.5.